The molecule has 0 radical (unpaired) electrons. The van der Waals surface area contributed by atoms with E-state index in [1.807, 2.05) is 6.92 Å². The normalized spacial score (nSPS) is 28.2. The average Bonchev–Trinajstić information content (AvgIpc) is 2.03. The molecule has 0 aromatic rings. The van der Waals surface area contributed by atoms with E-state index < -0.39 is 0 Å². The van der Waals surface area contributed by atoms with Gasteiger partial charge in [-0.2, -0.15) is 0 Å². The quantitative estimate of drug-likeness (QED) is 0.656. The van der Waals surface area contributed by atoms with Crippen LogP contribution in [0.5, 0.6) is 0 Å². The molecule has 0 aromatic heterocycles. The van der Waals surface area contributed by atoms with E-state index in [0.29, 0.717) is 12.0 Å². The Morgan fingerprint density at radius 3 is 2.31 bits per heavy atom. The number of nitrogens with one attached hydrogen (secondary N) is 1. The predicted octanol–water partition coefficient (Wildman–Crippen LogP) is 3.24. The molecule has 0 saturated heterocycles. The third kappa shape index (κ3) is 2.91. The molecular formula is C12H21N. The average molecular weight is 179 g/mol. The molecule has 0 spiro atoms. The summed E-state index contributed by atoms with van der Waals surface area (Å²) in [4.78, 5) is 0. The molecule has 13 heavy (non-hydrogen) atoms. The van der Waals surface area contributed by atoms with E-state index in [-0.39, 0.29) is 0 Å². The van der Waals surface area contributed by atoms with Gasteiger partial charge in [0.05, 0.1) is 0 Å². The third-order valence-corrected chi connectivity index (χ3v) is 2.83. The molecule has 1 saturated carbocycles. The lowest BCUT2D eigenvalue weighted by atomic mass is 9.80. The van der Waals surface area contributed by atoms with Gasteiger partial charge in [0.2, 0.25) is 0 Å². The minimum absolute atomic E-state index is 0.587. The molecule has 0 aliphatic heterocycles. The molecule has 1 aliphatic carbocycles. The molecule has 1 fully saturated rings. The highest BCUT2D eigenvalue weighted by Gasteiger charge is 2.24. The van der Waals surface area contributed by atoms with Gasteiger partial charge in [-0.3, -0.25) is 0 Å². The van der Waals surface area contributed by atoms with Gasteiger partial charge in [-0.05, 0) is 32.6 Å². The van der Waals surface area contributed by atoms with E-state index in [9.17, 15) is 0 Å². The van der Waals surface area contributed by atoms with Crippen molar-refractivity contribution in [3.05, 3.63) is 24.4 Å². The van der Waals surface area contributed by atoms with Crippen LogP contribution in [0.2, 0.25) is 0 Å². The van der Waals surface area contributed by atoms with E-state index in [4.69, 9.17) is 0 Å². The second-order valence-corrected chi connectivity index (χ2v) is 4.27. The molecule has 2 atom stereocenters. The molecule has 1 N–H and O–H groups in total. The summed E-state index contributed by atoms with van der Waals surface area (Å²) in [5.41, 5.74) is 2.40. The van der Waals surface area contributed by atoms with Crippen molar-refractivity contribution < 1.29 is 0 Å². The summed E-state index contributed by atoms with van der Waals surface area (Å²) < 4.78 is 0. The molecule has 1 heteroatoms. The van der Waals surface area contributed by atoms with Crippen LogP contribution in [0.3, 0.4) is 0 Å². The molecule has 2 unspecified atom stereocenters. The summed E-state index contributed by atoms with van der Waals surface area (Å²) in [6, 6.07) is 0.587. The van der Waals surface area contributed by atoms with E-state index in [2.05, 4.69) is 25.4 Å². The minimum atomic E-state index is 0.587. The summed E-state index contributed by atoms with van der Waals surface area (Å²) in [5, 5.41) is 3.46. The molecule has 1 nitrogen and oxygen atoms in total. The van der Waals surface area contributed by atoms with E-state index in [1.165, 1.54) is 31.3 Å². The Kier molecular flexibility index (Phi) is 3.58. The fraction of sp³-hybridized carbons (Fsp3) is 0.667. The van der Waals surface area contributed by atoms with Gasteiger partial charge in [0.15, 0.2) is 0 Å². The summed E-state index contributed by atoms with van der Waals surface area (Å²) in [6.07, 6.45) is 5.26. The van der Waals surface area contributed by atoms with Crippen molar-refractivity contribution in [2.75, 3.05) is 0 Å². The molecule has 0 amide bonds. The maximum atomic E-state index is 4.07. The molecular weight excluding hydrogens is 158 g/mol. The molecule has 0 aromatic carbocycles. The van der Waals surface area contributed by atoms with Crippen molar-refractivity contribution in [2.45, 2.75) is 45.6 Å². The number of rotatable bonds is 3. The van der Waals surface area contributed by atoms with Gasteiger partial charge in [0.25, 0.3) is 0 Å². The Balaban J connectivity index is 2.56. The van der Waals surface area contributed by atoms with Crippen molar-refractivity contribution in [3.8, 4) is 0 Å². The Labute approximate surface area is 81.9 Å². The van der Waals surface area contributed by atoms with Crippen molar-refractivity contribution >= 4 is 0 Å². The smallest absolute Gasteiger partial charge is 0.0323 e. The zero-order valence-electron chi connectivity index (χ0n) is 8.90. The summed E-state index contributed by atoms with van der Waals surface area (Å²) >= 11 is 0. The first-order valence-electron chi connectivity index (χ1n) is 5.18. The molecule has 0 bridgehead atoms. The van der Waals surface area contributed by atoms with Crippen LogP contribution in [0.15, 0.2) is 24.4 Å². The first-order chi connectivity index (χ1) is 6.11. The summed E-state index contributed by atoms with van der Waals surface area (Å²) in [7, 11) is 0. The van der Waals surface area contributed by atoms with Gasteiger partial charge < -0.3 is 5.32 Å². The number of allylic oxidation sites excluding steroid dienone is 1. The zero-order valence-corrected chi connectivity index (χ0v) is 8.90. The number of hydrogen-bond acceptors (Lipinski definition) is 1. The second kappa shape index (κ2) is 4.50. The first kappa shape index (κ1) is 10.4. The van der Waals surface area contributed by atoms with Gasteiger partial charge in [-0.15, -0.1) is 0 Å². The minimum Gasteiger partial charge on any atom is -0.386 e. The highest BCUT2D eigenvalue weighted by Crippen LogP contribution is 2.29. The largest absolute Gasteiger partial charge is 0.386 e. The Hall–Kier alpha value is -0.720. The molecule has 1 aliphatic rings. The molecule has 74 valence electrons. The van der Waals surface area contributed by atoms with Crippen LogP contribution < -0.4 is 5.32 Å². The second-order valence-electron chi connectivity index (χ2n) is 4.27. The topological polar surface area (TPSA) is 12.0 Å². The van der Waals surface area contributed by atoms with Gasteiger partial charge in [0, 0.05) is 11.7 Å². The van der Waals surface area contributed by atoms with E-state index in [0.717, 1.165) is 5.70 Å². The van der Waals surface area contributed by atoms with Crippen molar-refractivity contribution in [2.24, 2.45) is 5.92 Å². The highest BCUT2D eigenvalue weighted by atomic mass is 14.9. The fourth-order valence-corrected chi connectivity index (χ4v) is 2.21. The lowest BCUT2D eigenvalue weighted by Crippen LogP contribution is -2.37. The lowest BCUT2D eigenvalue weighted by Gasteiger charge is -2.33. The zero-order chi connectivity index (χ0) is 9.84. The van der Waals surface area contributed by atoms with Crippen LogP contribution >= 0.6 is 0 Å². The monoisotopic (exact) mass is 179 g/mol. The Morgan fingerprint density at radius 1 is 1.15 bits per heavy atom. The van der Waals surface area contributed by atoms with Crippen LogP contribution in [0.25, 0.3) is 0 Å². The van der Waals surface area contributed by atoms with Gasteiger partial charge in [-0.1, -0.05) is 31.6 Å². The predicted molar refractivity (Wildman–Crippen MR) is 58.5 cm³/mol. The van der Waals surface area contributed by atoms with Crippen molar-refractivity contribution in [1.29, 1.82) is 0 Å². The maximum absolute atomic E-state index is 4.07. The van der Waals surface area contributed by atoms with Crippen molar-refractivity contribution in [1.82, 2.24) is 5.32 Å². The standard InChI is InChI=1S/C12H21N/c1-9(2)11-7-5-6-8-12(11)13-10(3)4/h11-13H,1,3,5-8H2,2,4H3. The van der Waals surface area contributed by atoms with Crippen molar-refractivity contribution in [3.63, 3.8) is 0 Å². The Morgan fingerprint density at radius 2 is 1.77 bits per heavy atom. The SMILES string of the molecule is C=C(C)NC1CCCCC1C(=C)C. The molecule has 1 rings (SSSR count). The number of hydrogen-bond donors (Lipinski definition) is 1. The molecule has 0 heterocycles. The lowest BCUT2D eigenvalue weighted by molar-refractivity contribution is 0.312. The van der Waals surface area contributed by atoms with Crippen LogP contribution in [0.4, 0.5) is 0 Å². The first-order valence-corrected chi connectivity index (χ1v) is 5.18. The Bertz CT molecular complexity index is 205. The van der Waals surface area contributed by atoms with Crippen LogP contribution in [0.1, 0.15) is 39.5 Å². The van der Waals surface area contributed by atoms with Crippen LogP contribution in [0, 0.1) is 5.92 Å². The van der Waals surface area contributed by atoms with Gasteiger partial charge in [-0.25, -0.2) is 0 Å². The third-order valence-electron chi connectivity index (χ3n) is 2.83. The maximum Gasteiger partial charge on any atom is 0.0323 e. The van der Waals surface area contributed by atoms with Gasteiger partial charge >= 0.3 is 0 Å². The van der Waals surface area contributed by atoms with Crippen LogP contribution in [-0.4, -0.2) is 6.04 Å². The van der Waals surface area contributed by atoms with Gasteiger partial charge in [0.1, 0.15) is 0 Å². The van der Waals surface area contributed by atoms with Crippen LogP contribution in [-0.2, 0) is 0 Å². The highest BCUT2D eigenvalue weighted by molar-refractivity contribution is 5.05. The summed E-state index contributed by atoms with van der Waals surface area (Å²) in [5.74, 6) is 0.658. The van der Waals surface area contributed by atoms with E-state index in [1.54, 1.807) is 0 Å². The van der Waals surface area contributed by atoms with E-state index >= 15 is 0 Å². The fourth-order valence-electron chi connectivity index (χ4n) is 2.21. The summed E-state index contributed by atoms with van der Waals surface area (Å²) in [6.45, 7) is 12.1.